The van der Waals surface area contributed by atoms with Gasteiger partial charge in [0.2, 0.25) is 5.91 Å². The number of urea groups is 2. The molecule has 1 saturated heterocycles. The Morgan fingerprint density at radius 1 is 1.36 bits per heavy atom. The van der Waals surface area contributed by atoms with Crippen molar-refractivity contribution in [3.63, 3.8) is 0 Å². The molecule has 0 aliphatic carbocycles. The number of imide groups is 2. The van der Waals surface area contributed by atoms with E-state index in [4.69, 9.17) is 4.42 Å². The SMILES string of the molecule is CC(C)CCNC(=O)NC(=O)CN1C(=O)N[C@@](C)(c2ccco2)C1=O. The average Bonchev–Trinajstić information content (AvgIpc) is 3.11. The molecule has 1 atom stereocenters. The zero-order chi connectivity index (χ0) is 18.6. The standard InChI is InChI=1S/C16H22N4O5/c1-10(2)6-7-17-14(23)18-12(21)9-20-13(22)16(3,19-15(20)24)11-5-4-8-25-11/h4-5,8,10H,6-7,9H2,1-3H3,(H,19,24)(H2,17,18,21,23)/t16-/m0/s1. The van der Waals surface area contributed by atoms with Crippen molar-refractivity contribution in [3.05, 3.63) is 24.2 Å². The second-order valence-corrected chi connectivity index (χ2v) is 6.41. The van der Waals surface area contributed by atoms with Crippen LogP contribution in [0.5, 0.6) is 0 Å². The van der Waals surface area contributed by atoms with Crippen LogP contribution >= 0.6 is 0 Å². The highest BCUT2D eigenvalue weighted by Gasteiger charge is 2.51. The summed E-state index contributed by atoms with van der Waals surface area (Å²) in [6, 6.07) is 1.77. The highest BCUT2D eigenvalue weighted by atomic mass is 16.3. The minimum absolute atomic E-state index is 0.264. The summed E-state index contributed by atoms with van der Waals surface area (Å²) in [5.41, 5.74) is -1.37. The highest BCUT2D eigenvalue weighted by molar-refractivity contribution is 6.09. The number of hydrogen-bond donors (Lipinski definition) is 3. The highest BCUT2D eigenvalue weighted by Crippen LogP contribution is 2.28. The lowest BCUT2D eigenvalue weighted by Crippen LogP contribution is -2.47. The maximum Gasteiger partial charge on any atom is 0.325 e. The third kappa shape index (κ3) is 4.17. The molecule has 1 aromatic heterocycles. The van der Waals surface area contributed by atoms with Crippen molar-refractivity contribution in [1.82, 2.24) is 20.9 Å². The zero-order valence-electron chi connectivity index (χ0n) is 14.4. The van der Waals surface area contributed by atoms with Gasteiger partial charge in [-0.05, 0) is 31.4 Å². The molecule has 0 radical (unpaired) electrons. The summed E-state index contributed by atoms with van der Waals surface area (Å²) in [4.78, 5) is 48.8. The minimum atomic E-state index is -1.37. The summed E-state index contributed by atoms with van der Waals surface area (Å²) in [6.45, 7) is 5.38. The molecule has 1 aliphatic rings. The van der Waals surface area contributed by atoms with E-state index >= 15 is 0 Å². The lowest BCUT2D eigenvalue weighted by Gasteiger charge is -2.18. The second kappa shape index (κ2) is 7.37. The molecule has 1 fully saturated rings. The summed E-state index contributed by atoms with van der Waals surface area (Å²) in [5, 5.41) is 7.14. The summed E-state index contributed by atoms with van der Waals surface area (Å²) < 4.78 is 5.19. The van der Waals surface area contributed by atoms with Crippen LogP contribution in [0.15, 0.2) is 22.8 Å². The van der Waals surface area contributed by atoms with Crippen LogP contribution in [-0.2, 0) is 15.1 Å². The third-order valence-corrected chi connectivity index (χ3v) is 3.85. The van der Waals surface area contributed by atoms with Gasteiger partial charge >= 0.3 is 12.1 Å². The van der Waals surface area contributed by atoms with E-state index in [9.17, 15) is 19.2 Å². The number of carbonyl (C=O) groups is 4. The van der Waals surface area contributed by atoms with Gasteiger partial charge in [-0.2, -0.15) is 0 Å². The minimum Gasteiger partial charge on any atom is -0.466 e. The predicted molar refractivity (Wildman–Crippen MR) is 87.3 cm³/mol. The third-order valence-electron chi connectivity index (χ3n) is 3.85. The van der Waals surface area contributed by atoms with Crippen LogP contribution in [0.2, 0.25) is 0 Å². The monoisotopic (exact) mass is 350 g/mol. The van der Waals surface area contributed by atoms with Gasteiger partial charge in [0.05, 0.1) is 6.26 Å². The summed E-state index contributed by atoms with van der Waals surface area (Å²) in [6.07, 6.45) is 2.16. The molecule has 25 heavy (non-hydrogen) atoms. The molecule has 1 aliphatic heterocycles. The molecule has 0 spiro atoms. The molecule has 0 bridgehead atoms. The molecule has 6 amide bonds. The van der Waals surface area contributed by atoms with Gasteiger partial charge < -0.3 is 15.1 Å². The van der Waals surface area contributed by atoms with Crippen molar-refractivity contribution < 1.29 is 23.6 Å². The van der Waals surface area contributed by atoms with Gasteiger partial charge in [-0.15, -0.1) is 0 Å². The Kier molecular flexibility index (Phi) is 5.45. The van der Waals surface area contributed by atoms with E-state index in [1.807, 2.05) is 13.8 Å². The Morgan fingerprint density at radius 3 is 2.68 bits per heavy atom. The molecule has 9 nitrogen and oxygen atoms in total. The van der Waals surface area contributed by atoms with Crippen LogP contribution in [-0.4, -0.2) is 41.9 Å². The largest absolute Gasteiger partial charge is 0.466 e. The van der Waals surface area contributed by atoms with E-state index in [0.717, 1.165) is 11.3 Å². The van der Waals surface area contributed by atoms with Gasteiger partial charge in [-0.3, -0.25) is 19.8 Å². The average molecular weight is 350 g/mol. The maximum absolute atomic E-state index is 12.5. The van der Waals surface area contributed by atoms with Crippen molar-refractivity contribution in [1.29, 1.82) is 0 Å². The van der Waals surface area contributed by atoms with Gasteiger partial charge in [0.15, 0.2) is 5.54 Å². The van der Waals surface area contributed by atoms with Gasteiger partial charge in [0.25, 0.3) is 5.91 Å². The molecule has 136 valence electrons. The van der Waals surface area contributed by atoms with E-state index < -0.39 is 36.0 Å². The van der Waals surface area contributed by atoms with Crippen molar-refractivity contribution in [2.75, 3.05) is 13.1 Å². The second-order valence-electron chi connectivity index (χ2n) is 6.41. The van der Waals surface area contributed by atoms with Crippen LogP contribution in [0, 0.1) is 5.92 Å². The first-order valence-corrected chi connectivity index (χ1v) is 8.00. The fourth-order valence-corrected chi connectivity index (χ4v) is 2.40. The summed E-state index contributed by atoms with van der Waals surface area (Å²) >= 11 is 0. The molecule has 0 saturated carbocycles. The van der Waals surface area contributed by atoms with E-state index in [0.29, 0.717) is 12.5 Å². The van der Waals surface area contributed by atoms with Crippen LogP contribution in [0.1, 0.15) is 33.0 Å². The Labute approximate surface area is 145 Å². The zero-order valence-corrected chi connectivity index (χ0v) is 14.4. The Hall–Kier alpha value is -2.84. The Morgan fingerprint density at radius 2 is 2.08 bits per heavy atom. The fourth-order valence-electron chi connectivity index (χ4n) is 2.40. The number of amides is 6. The van der Waals surface area contributed by atoms with E-state index in [1.165, 1.54) is 13.2 Å². The number of nitrogens with zero attached hydrogens (tertiary/aromatic N) is 1. The van der Waals surface area contributed by atoms with Crippen LogP contribution in [0.25, 0.3) is 0 Å². The fraction of sp³-hybridized carbons (Fsp3) is 0.500. The topological polar surface area (TPSA) is 121 Å². The molecule has 0 unspecified atom stereocenters. The van der Waals surface area contributed by atoms with Crippen LogP contribution in [0.4, 0.5) is 9.59 Å². The summed E-state index contributed by atoms with van der Waals surface area (Å²) in [5.74, 6) is -0.696. The number of furan rings is 1. The normalized spacial score (nSPS) is 19.9. The Balaban J connectivity index is 1.92. The molecular formula is C16H22N4O5. The first-order valence-electron chi connectivity index (χ1n) is 8.00. The van der Waals surface area contributed by atoms with Crippen LogP contribution in [0.3, 0.4) is 0 Å². The predicted octanol–water partition coefficient (Wildman–Crippen LogP) is 0.918. The lowest BCUT2D eigenvalue weighted by molar-refractivity contribution is -0.135. The maximum atomic E-state index is 12.5. The molecule has 2 rings (SSSR count). The quantitative estimate of drug-likeness (QED) is 0.659. The molecule has 3 N–H and O–H groups in total. The van der Waals surface area contributed by atoms with E-state index in [-0.39, 0.29) is 5.76 Å². The molecule has 1 aromatic rings. The van der Waals surface area contributed by atoms with Gasteiger partial charge in [0, 0.05) is 6.54 Å². The van der Waals surface area contributed by atoms with Gasteiger partial charge in [-0.25, -0.2) is 9.59 Å². The molecule has 2 heterocycles. The molecule has 9 heteroatoms. The number of rotatable bonds is 6. The smallest absolute Gasteiger partial charge is 0.325 e. The van der Waals surface area contributed by atoms with Crippen molar-refractivity contribution in [2.45, 2.75) is 32.7 Å². The molecule has 0 aromatic carbocycles. The first-order chi connectivity index (χ1) is 11.7. The number of hydrogen-bond acceptors (Lipinski definition) is 5. The molecular weight excluding hydrogens is 328 g/mol. The van der Waals surface area contributed by atoms with Crippen molar-refractivity contribution >= 4 is 23.9 Å². The van der Waals surface area contributed by atoms with E-state index in [1.54, 1.807) is 12.1 Å². The van der Waals surface area contributed by atoms with Crippen molar-refractivity contribution in [3.8, 4) is 0 Å². The first kappa shape index (κ1) is 18.5. The van der Waals surface area contributed by atoms with Gasteiger partial charge in [0.1, 0.15) is 12.3 Å². The van der Waals surface area contributed by atoms with Gasteiger partial charge in [-0.1, -0.05) is 13.8 Å². The number of carbonyl (C=O) groups excluding carboxylic acids is 4. The Bertz CT molecular complexity index is 670. The lowest BCUT2D eigenvalue weighted by atomic mass is 9.99. The van der Waals surface area contributed by atoms with Crippen LogP contribution < -0.4 is 16.0 Å². The summed E-state index contributed by atoms with van der Waals surface area (Å²) in [7, 11) is 0. The van der Waals surface area contributed by atoms with E-state index in [2.05, 4.69) is 16.0 Å². The van der Waals surface area contributed by atoms with Crippen molar-refractivity contribution in [2.24, 2.45) is 5.92 Å². The number of nitrogens with one attached hydrogen (secondary N) is 3.